The van der Waals surface area contributed by atoms with Crippen LogP contribution in [0.4, 0.5) is 4.39 Å². The highest BCUT2D eigenvalue weighted by atomic mass is 79.9. The fourth-order valence-corrected chi connectivity index (χ4v) is 3.07. The molecule has 0 spiro atoms. The van der Waals surface area contributed by atoms with Crippen LogP contribution in [-0.2, 0) is 5.75 Å². The van der Waals surface area contributed by atoms with Crippen molar-refractivity contribution in [1.82, 2.24) is 0 Å². The lowest BCUT2D eigenvalue weighted by Crippen LogP contribution is -1.97. The minimum Gasteiger partial charge on any atom is -0.207 e. The molecule has 1 atom stereocenters. The summed E-state index contributed by atoms with van der Waals surface area (Å²) in [4.78, 5) is 0. The van der Waals surface area contributed by atoms with E-state index in [2.05, 4.69) is 22.9 Å². The average molecular weight is 312 g/mol. The van der Waals surface area contributed by atoms with Crippen LogP contribution in [0.1, 0.15) is 18.9 Å². The molecule has 1 rings (SSSR count). The standard InChI is InChI=1S/C11H13BrClFS/c1-8(2-3-13)15-7-9-4-10(12)6-11(14)5-9/h4-6,8H,2-3,7H2,1H3. The molecule has 0 saturated carbocycles. The van der Waals surface area contributed by atoms with Crippen molar-refractivity contribution >= 4 is 39.3 Å². The molecule has 0 fully saturated rings. The van der Waals surface area contributed by atoms with Crippen molar-refractivity contribution in [2.24, 2.45) is 0 Å². The van der Waals surface area contributed by atoms with Gasteiger partial charge in [0.25, 0.3) is 0 Å². The molecule has 0 aromatic heterocycles. The number of hydrogen-bond acceptors (Lipinski definition) is 1. The zero-order valence-electron chi connectivity index (χ0n) is 8.47. The van der Waals surface area contributed by atoms with E-state index < -0.39 is 0 Å². The summed E-state index contributed by atoms with van der Waals surface area (Å²) in [6, 6.07) is 4.99. The second-order valence-corrected chi connectivity index (χ2v) is 6.10. The van der Waals surface area contributed by atoms with Gasteiger partial charge in [0.05, 0.1) is 0 Å². The van der Waals surface area contributed by atoms with Gasteiger partial charge in [-0.25, -0.2) is 4.39 Å². The Hall–Kier alpha value is 0.270. The van der Waals surface area contributed by atoms with E-state index in [9.17, 15) is 4.39 Å². The van der Waals surface area contributed by atoms with Crippen molar-refractivity contribution in [3.63, 3.8) is 0 Å². The van der Waals surface area contributed by atoms with Crippen molar-refractivity contribution in [1.29, 1.82) is 0 Å². The van der Waals surface area contributed by atoms with Gasteiger partial charge in [-0.2, -0.15) is 11.8 Å². The van der Waals surface area contributed by atoms with E-state index in [-0.39, 0.29) is 5.82 Å². The van der Waals surface area contributed by atoms with Gasteiger partial charge in [-0.05, 0) is 30.2 Å². The molecule has 0 bridgehead atoms. The molecule has 0 aliphatic heterocycles. The number of rotatable bonds is 5. The normalized spacial score (nSPS) is 12.8. The molecule has 1 aromatic carbocycles. The molecule has 0 N–H and O–H groups in total. The minimum atomic E-state index is -0.190. The Morgan fingerprint density at radius 2 is 2.20 bits per heavy atom. The molecule has 0 saturated heterocycles. The first-order chi connectivity index (χ1) is 7.11. The average Bonchev–Trinajstić information content (AvgIpc) is 2.14. The molecule has 1 aromatic rings. The number of thioether (sulfide) groups is 1. The summed E-state index contributed by atoms with van der Waals surface area (Å²) in [6.45, 7) is 2.14. The summed E-state index contributed by atoms with van der Waals surface area (Å²) in [5.74, 6) is 1.32. The summed E-state index contributed by atoms with van der Waals surface area (Å²) < 4.78 is 13.8. The number of hydrogen-bond donors (Lipinski definition) is 0. The van der Waals surface area contributed by atoms with Gasteiger partial charge < -0.3 is 0 Å². The van der Waals surface area contributed by atoms with Gasteiger partial charge in [-0.15, -0.1) is 11.6 Å². The monoisotopic (exact) mass is 310 g/mol. The molecule has 0 heterocycles. The van der Waals surface area contributed by atoms with Crippen LogP contribution in [0, 0.1) is 5.82 Å². The summed E-state index contributed by atoms with van der Waals surface area (Å²) in [7, 11) is 0. The molecule has 84 valence electrons. The lowest BCUT2D eigenvalue weighted by atomic mass is 10.2. The highest BCUT2D eigenvalue weighted by molar-refractivity contribution is 9.10. The third-order valence-corrected chi connectivity index (χ3v) is 3.95. The highest BCUT2D eigenvalue weighted by Gasteiger charge is 2.04. The van der Waals surface area contributed by atoms with Gasteiger partial charge in [0.2, 0.25) is 0 Å². The zero-order chi connectivity index (χ0) is 11.3. The molecule has 0 aliphatic carbocycles. The van der Waals surface area contributed by atoms with Crippen molar-refractivity contribution in [2.45, 2.75) is 24.3 Å². The van der Waals surface area contributed by atoms with Gasteiger partial charge in [0.15, 0.2) is 0 Å². The Morgan fingerprint density at radius 3 is 2.80 bits per heavy atom. The number of halogens is 3. The van der Waals surface area contributed by atoms with Crippen LogP contribution < -0.4 is 0 Å². The Labute approximate surface area is 108 Å². The number of benzene rings is 1. The topological polar surface area (TPSA) is 0 Å². The predicted octanol–water partition coefficient (Wildman–Crippen LogP) is 4.84. The van der Waals surface area contributed by atoms with Crippen molar-refractivity contribution < 1.29 is 4.39 Å². The Bertz CT molecular complexity index is 299. The predicted molar refractivity (Wildman–Crippen MR) is 70.2 cm³/mol. The molecule has 0 aliphatic rings. The fourth-order valence-electron chi connectivity index (χ4n) is 1.17. The first-order valence-electron chi connectivity index (χ1n) is 4.74. The van der Waals surface area contributed by atoms with Crippen molar-refractivity contribution in [3.05, 3.63) is 34.1 Å². The third kappa shape index (κ3) is 5.23. The van der Waals surface area contributed by atoms with E-state index in [0.29, 0.717) is 11.1 Å². The van der Waals surface area contributed by atoms with E-state index in [0.717, 1.165) is 22.2 Å². The molecule has 0 amide bonds. The maximum Gasteiger partial charge on any atom is 0.124 e. The Balaban J connectivity index is 2.50. The van der Waals surface area contributed by atoms with Crippen molar-refractivity contribution in [2.75, 3.05) is 5.88 Å². The largest absolute Gasteiger partial charge is 0.207 e. The molecule has 15 heavy (non-hydrogen) atoms. The fraction of sp³-hybridized carbons (Fsp3) is 0.455. The SMILES string of the molecule is CC(CCCl)SCc1cc(F)cc(Br)c1. The summed E-state index contributed by atoms with van der Waals surface area (Å²) in [6.07, 6.45) is 0.989. The van der Waals surface area contributed by atoms with Crippen LogP contribution in [0.3, 0.4) is 0 Å². The third-order valence-electron chi connectivity index (χ3n) is 1.97. The molecule has 0 nitrogen and oxygen atoms in total. The van der Waals surface area contributed by atoms with Gasteiger partial charge >= 0.3 is 0 Å². The van der Waals surface area contributed by atoms with Crippen LogP contribution in [0.5, 0.6) is 0 Å². The molecular weight excluding hydrogens is 299 g/mol. The summed E-state index contributed by atoms with van der Waals surface area (Å²) in [5, 5.41) is 0.518. The van der Waals surface area contributed by atoms with Crippen molar-refractivity contribution in [3.8, 4) is 0 Å². The molecular formula is C11H13BrClFS. The van der Waals surface area contributed by atoms with Gasteiger partial charge in [-0.3, -0.25) is 0 Å². The second-order valence-electron chi connectivity index (χ2n) is 3.38. The van der Waals surface area contributed by atoms with E-state index in [1.165, 1.54) is 6.07 Å². The smallest absolute Gasteiger partial charge is 0.124 e. The minimum absolute atomic E-state index is 0.190. The first-order valence-corrected chi connectivity index (χ1v) is 7.12. The second kappa shape index (κ2) is 6.77. The maximum absolute atomic E-state index is 13.0. The lowest BCUT2D eigenvalue weighted by Gasteiger charge is -2.09. The first kappa shape index (κ1) is 13.3. The van der Waals surface area contributed by atoms with Crippen LogP contribution in [0.2, 0.25) is 0 Å². The van der Waals surface area contributed by atoms with Crippen LogP contribution in [-0.4, -0.2) is 11.1 Å². The van der Waals surface area contributed by atoms with Crippen LogP contribution >= 0.6 is 39.3 Å². The zero-order valence-corrected chi connectivity index (χ0v) is 11.6. The summed E-state index contributed by atoms with van der Waals surface area (Å²) >= 11 is 10.7. The van der Waals surface area contributed by atoms with Gasteiger partial charge in [0.1, 0.15) is 5.82 Å². The summed E-state index contributed by atoms with van der Waals surface area (Å²) in [5.41, 5.74) is 1.01. The quantitative estimate of drug-likeness (QED) is 0.701. The van der Waals surface area contributed by atoms with Gasteiger partial charge in [0, 0.05) is 21.4 Å². The molecule has 0 radical (unpaired) electrons. The lowest BCUT2D eigenvalue weighted by molar-refractivity contribution is 0.625. The molecule has 1 unspecified atom stereocenters. The van der Waals surface area contributed by atoms with E-state index in [1.54, 1.807) is 17.8 Å². The van der Waals surface area contributed by atoms with Crippen LogP contribution in [0.15, 0.2) is 22.7 Å². The molecule has 4 heteroatoms. The van der Waals surface area contributed by atoms with Crippen LogP contribution in [0.25, 0.3) is 0 Å². The van der Waals surface area contributed by atoms with Gasteiger partial charge in [-0.1, -0.05) is 22.9 Å². The number of alkyl halides is 1. The maximum atomic E-state index is 13.0. The van der Waals surface area contributed by atoms with E-state index in [1.807, 2.05) is 6.07 Å². The highest BCUT2D eigenvalue weighted by Crippen LogP contribution is 2.23. The van der Waals surface area contributed by atoms with E-state index >= 15 is 0 Å². The Kier molecular flexibility index (Phi) is 6.02. The Morgan fingerprint density at radius 1 is 1.47 bits per heavy atom. The van der Waals surface area contributed by atoms with E-state index in [4.69, 9.17) is 11.6 Å².